The molecule has 0 aliphatic rings. The van der Waals surface area contributed by atoms with Crippen LogP contribution in [0.25, 0.3) is 5.69 Å². The van der Waals surface area contributed by atoms with Gasteiger partial charge in [0.1, 0.15) is 5.69 Å². The molecule has 106 valence electrons. The van der Waals surface area contributed by atoms with Crippen molar-refractivity contribution >= 4 is 17.5 Å². The lowest BCUT2D eigenvalue weighted by Crippen LogP contribution is -2.22. The van der Waals surface area contributed by atoms with Crippen LogP contribution in [0.15, 0.2) is 30.5 Å². The van der Waals surface area contributed by atoms with E-state index >= 15 is 0 Å². The number of primary amides is 1. The average Bonchev–Trinajstić information content (AvgIpc) is 2.86. The average molecular weight is 293 g/mol. The molecule has 5 nitrogen and oxygen atoms in total. The van der Waals surface area contributed by atoms with Gasteiger partial charge in [-0.05, 0) is 23.8 Å². The van der Waals surface area contributed by atoms with Gasteiger partial charge in [-0.1, -0.05) is 31.5 Å². The maximum absolute atomic E-state index is 11.1. The van der Waals surface area contributed by atoms with E-state index in [4.69, 9.17) is 17.3 Å². The van der Waals surface area contributed by atoms with E-state index in [1.54, 1.807) is 16.9 Å². The van der Waals surface area contributed by atoms with E-state index < -0.39 is 5.91 Å². The van der Waals surface area contributed by atoms with E-state index in [0.717, 1.165) is 11.3 Å². The van der Waals surface area contributed by atoms with Gasteiger partial charge in [0.05, 0.1) is 5.69 Å². The molecule has 0 fully saturated rings. The molecular weight excluding hydrogens is 276 g/mol. The van der Waals surface area contributed by atoms with Crippen LogP contribution in [0.2, 0.25) is 5.02 Å². The number of rotatable bonds is 5. The number of amides is 1. The first-order valence-corrected chi connectivity index (χ1v) is 6.73. The fourth-order valence-electron chi connectivity index (χ4n) is 1.80. The van der Waals surface area contributed by atoms with Gasteiger partial charge in [-0.3, -0.25) is 4.79 Å². The van der Waals surface area contributed by atoms with Gasteiger partial charge in [0.25, 0.3) is 5.91 Å². The summed E-state index contributed by atoms with van der Waals surface area (Å²) < 4.78 is 1.61. The molecule has 1 amide bonds. The van der Waals surface area contributed by atoms with Crippen molar-refractivity contribution in [2.24, 2.45) is 5.73 Å². The van der Waals surface area contributed by atoms with Crippen LogP contribution >= 0.6 is 11.6 Å². The van der Waals surface area contributed by atoms with Crippen molar-refractivity contribution in [1.29, 1.82) is 0 Å². The maximum Gasteiger partial charge on any atom is 0.269 e. The molecule has 0 aliphatic heterocycles. The Kier molecular flexibility index (Phi) is 4.42. The summed E-state index contributed by atoms with van der Waals surface area (Å²) in [4.78, 5) is 11.1. The molecule has 6 heteroatoms. The number of hydrogen-bond acceptors (Lipinski definition) is 3. The SMILES string of the molecule is CC(C)NCc1ccc(Cl)cc1-n1ccc(C(N)=O)n1. The molecule has 0 radical (unpaired) electrons. The summed E-state index contributed by atoms with van der Waals surface area (Å²) in [6, 6.07) is 7.55. The summed E-state index contributed by atoms with van der Waals surface area (Å²) >= 11 is 6.05. The Bertz CT molecular complexity index is 621. The second kappa shape index (κ2) is 6.07. The Morgan fingerprint density at radius 3 is 2.80 bits per heavy atom. The first-order chi connectivity index (χ1) is 9.47. The second-order valence-electron chi connectivity index (χ2n) is 4.82. The van der Waals surface area contributed by atoms with Crippen LogP contribution in [0.1, 0.15) is 29.9 Å². The highest BCUT2D eigenvalue weighted by Gasteiger charge is 2.10. The van der Waals surface area contributed by atoms with Crippen LogP contribution in [0.5, 0.6) is 0 Å². The predicted octanol–water partition coefficient (Wildman–Crippen LogP) is 2.12. The molecule has 1 aromatic heterocycles. The minimum atomic E-state index is -0.548. The number of benzene rings is 1. The van der Waals surface area contributed by atoms with Crippen molar-refractivity contribution < 1.29 is 4.79 Å². The van der Waals surface area contributed by atoms with E-state index in [9.17, 15) is 4.79 Å². The van der Waals surface area contributed by atoms with Crippen molar-refractivity contribution in [2.45, 2.75) is 26.4 Å². The summed E-state index contributed by atoms with van der Waals surface area (Å²) in [5.74, 6) is -0.548. The number of carbonyl (C=O) groups excluding carboxylic acids is 1. The van der Waals surface area contributed by atoms with Crippen molar-refractivity contribution in [1.82, 2.24) is 15.1 Å². The van der Waals surface area contributed by atoms with Crippen LogP contribution < -0.4 is 11.1 Å². The lowest BCUT2D eigenvalue weighted by Gasteiger charge is -2.13. The highest BCUT2D eigenvalue weighted by Crippen LogP contribution is 2.20. The van der Waals surface area contributed by atoms with Gasteiger partial charge < -0.3 is 11.1 Å². The lowest BCUT2D eigenvalue weighted by molar-refractivity contribution is 0.0995. The highest BCUT2D eigenvalue weighted by atomic mass is 35.5. The first kappa shape index (κ1) is 14.6. The Labute approximate surface area is 122 Å². The number of carbonyl (C=O) groups is 1. The van der Waals surface area contributed by atoms with E-state index in [-0.39, 0.29) is 5.69 Å². The molecule has 2 aromatic rings. The van der Waals surface area contributed by atoms with Crippen LogP contribution in [0.4, 0.5) is 0 Å². The van der Waals surface area contributed by atoms with E-state index in [1.807, 2.05) is 18.2 Å². The summed E-state index contributed by atoms with van der Waals surface area (Å²) in [5.41, 5.74) is 7.32. The van der Waals surface area contributed by atoms with Gasteiger partial charge in [0.15, 0.2) is 0 Å². The number of nitrogens with zero attached hydrogens (tertiary/aromatic N) is 2. The second-order valence-corrected chi connectivity index (χ2v) is 5.25. The molecule has 0 unspecified atom stereocenters. The predicted molar refractivity (Wildman–Crippen MR) is 79.1 cm³/mol. The van der Waals surface area contributed by atoms with Gasteiger partial charge >= 0.3 is 0 Å². The van der Waals surface area contributed by atoms with Crippen molar-refractivity contribution in [3.05, 3.63) is 46.7 Å². The van der Waals surface area contributed by atoms with Gasteiger partial charge in [-0.2, -0.15) is 5.10 Å². The fraction of sp³-hybridized carbons (Fsp3) is 0.286. The van der Waals surface area contributed by atoms with Crippen molar-refractivity contribution in [3.8, 4) is 5.69 Å². The molecule has 0 atom stereocenters. The zero-order valence-corrected chi connectivity index (χ0v) is 12.2. The number of halogens is 1. The van der Waals surface area contributed by atoms with E-state index in [2.05, 4.69) is 24.3 Å². The number of aromatic nitrogens is 2. The lowest BCUT2D eigenvalue weighted by atomic mass is 10.1. The monoisotopic (exact) mass is 292 g/mol. The quantitative estimate of drug-likeness (QED) is 0.886. The molecule has 3 N–H and O–H groups in total. The maximum atomic E-state index is 11.1. The summed E-state index contributed by atoms with van der Waals surface area (Å²) in [6.45, 7) is 4.85. The van der Waals surface area contributed by atoms with E-state index in [1.165, 1.54) is 0 Å². The van der Waals surface area contributed by atoms with Gasteiger partial charge in [0.2, 0.25) is 0 Å². The molecule has 2 rings (SSSR count). The van der Waals surface area contributed by atoms with Gasteiger partial charge in [0, 0.05) is 23.8 Å². The van der Waals surface area contributed by atoms with Crippen LogP contribution in [-0.4, -0.2) is 21.7 Å². The Hall–Kier alpha value is -1.85. The zero-order valence-electron chi connectivity index (χ0n) is 11.4. The summed E-state index contributed by atoms with van der Waals surface area (Å²) in [5, 5.41) is 8.12. The minimum Gasteiger partial charge on any atom is -0.364 e. The number of hydrogen-bond donors (Lipinski definition) is 2. The Morgan fingerprint density at radius 1 is 1.45 bits per heavy atom. The molecule has 0 aliphatic carbocycles. The molecule has 20 heavy (non-hydrogen) atoms. The third-order valence-corrected chi connectivity index (χ3v) is 3.07. The van der Waals surface area contributed by atoms with Crippen molar-refractivity contribution in [2.75, 3.05) is 0 Å². The van der Waals surface area contributed by atoms with Crippen molar-refractivity contribution in [3.63, 3.8) is 0 Å². The normalized spacial score (nSPS) is 11.0. The summed E-state index contributed by atoms with van der Waals surface area (Å²) in [6.07, 6.45) is 1.70. The van der Waals surface area contributed by atoms with Crippen LogP contribution in [0, 0.1) is 0 Å². The largest absolute Gasteiger partial charge is 0.364 e. The molecule has 0 saturated carbocycles. The van der Waals surface area contributed by atoms with Crippen LogP contribution in [-0.2, 0) is 6.54 Å². The molecule has 1 heterocycles. The molecular formula is C14H17ClN4O. The molecule has 0 saturated heterocycles. The number of nitrogens with one attached hydrogen (secondary N) is 1. The third kappa shape index (κ3) is 3.37. The Morgan fingerprint density at radius 2 is 2.20 bits per heavy atom. The molecule has 0 spiro atoms. The van der Waals surface area contributed by atoms with Gasteiger partial charge in [-0.25, -0.2) is 4.68 Å². The van der Waals surface area contributed by atoms with Gasteiger partial charge in [-0.15, -0.1) is 0 Å². The topological polar surface area (TPSA) is 72.9 Å². The summed E-state index contributed by atoms with van der Waals surface area (Å²) in [7, 11) is 0. The fourth-order valence-corrected chi connectivity index (χ4v) is 1.97. The highest BCUT2D eigenvalue weighted by molar-refractivity contribution is 6.30. The van der Waals surface area contributed by atoms with E-state index in [0.29, 0.717) is 17.6 Å². The number of nitrogens with two attached hydrogens (primary N) is 1. The molecule has 0 bridgehead atoms. The Balaban J connectivity index is 2.37. The van der Waals surface area contributed by atoms with Crippen LogP contribution in [0.3, 0.4) is 0 Å². The third-order valence-electron chi connectivity index (χ3n) is 2.84. The minimum absolute atomic E-state index is 0.229. The zero-order chi connectivity index (χ0) is 14.7. The standard InChI is InChI=1S/C14H17ClN4O/c1-9(2)17-8-10-3-4-11(15)7-13(10)19-6-5-12(18-19)14(16)20/h3-7,9,17H,8H2,1-2H3,(H2,16,20). The smallest absolute Gasteiger partial charge is 0.269 e. The first-order valence-electron chi connectivity index (χ1n) is 6.35. The molecule has 1 aromatic carbocycles.